The molecule has 0 radical (unpaired) electrons. The van der Waals surface area contributed by atoms with Gasteiger partial charge in [0.25, 0.3) is 5.56 Å². The van der Waals surface area contributed by atoms with Gasteiger partial charge in [0.2, 0.25) is 5.78 Å². The van der Waals surface area contributed by atoms with E-state index in [1.807, 2.05) is 73.9 Å². The zero-order chi connectivity index (χ0) is 21.0. The Morgan fingerprint density at radius 3 is 2.60 bits per heavy atom. The number of aromatic nitrogens is 4. The monoisotopic (exact) mass is 398 g/mol. The van der Waals surface area contributed by atoms with Gasteiger partial charge in [0.05, 0.1) is 17.6 Å². The normalized spacial score (nSPS) is 11.7. The number of carbonyl (C=O) groups is 1. The maximum Gasteiger partial charge on any atom is 0.262 e. The molecule has 30 heavy (non-hydrogen) atoms. The minimum absolute atomic E-state index is 0.00675. The summed E-state index contributed by atoms with van der Waals surface area (Å²) in [5, 5.41) is 0.916. The van der Waals surface area contributed by atoms with Crippen molar-refractivity contribution < 1.29 is 4.79 Å². The molecule has 5 aromatic rings. The lowest BCUT2D eigenvalue weighted by atomic mass is 10.1. The van der Waals surface area contributed by atoms with Crippen LogP contribution >= 0.6 is 0 Å². The first kappa shape index (κ1) is 18.4. The molecule has 0 bridgehead atoms. The molecular formula is C24H22N4O2. The first-order valence-corrected chi connectivity index (χ1v) is 10.1. The predicted molar refractivity (Wildman–Crippen MR) is 118 cm³/mol. The molecule has 5 rings (SSSR count). The molecule has 0 atom stereocenters. The summed E-state index contributed by atoms with van der Waals surface area (Å²) in [5.41, 5.74) is 5.41. The molecule has 3 aromatic heterocycles. The molecule has 6 nitrogen and oxygen atoms in total. The third kappa shape index (κ3) is 2.53. The van der Waals surface area contributed by atoms with E-state index in [2.05, 4.69) is 4.98 Å². The lowest BCUT2D eigenvalue weighted by Gasteiger charge is -2.15. The summed E-state index contributed by atoms with van der Waals surface area (Å²) < 4.78 is 3.51. The zero-order valence-corrected chi connectivity index (χ0v) is 17.2. The molecule has 0 fully saturated rings. The van der Waals surface area contributed by atoms with E-state index in [1.54, 1.807) is 4.40 Å². The molecule has 0 aliphatic heterocycles. The van der Waals surface area contributed by atoms with Crippen LogP contribution in [0.4, 0.5) is 0 Å². The average Bonchev–Trinajstić information content (AvgIpc) is 3.28. The lowest BCUT2D eigenvalue weighted by molar-refractivity contribution is 0.0973. The second-order valence-corrected chi connectivity index (χ2v) is 7.64. The average molecular weight is 398 g/mol. The van der Waals surface area contributed by atoms with Crippen molar-refractivity contribution in [1.82, 2.24) is 18.9 Å². The van der Waals surface area contributed by atoms with Crippen molar-refractivity contribution in [3.63, 3.8) is 0 Å². The van der Waals surface area contributed by atoms with Gasteiger partial charge in [-0.1, -0.05) is 37.3 Å². The van der Waals surface area contributed by atoms with E-state index in [1.165, 1.54) is 0 Å². The number of hydrogen-bond donors (Lipinski definition) is 1. The maximum atomic E-state index is 13.4. The van der Waals surface area contributed by atoms with Crippen LogP contribution in [0.5, 0.6) is 0 Å². The minimum atomic E-state index is -0.0642. The Morgan fingerprint density at radius 1 is 1.07 bits per heavy atom. The van der Waals surface area contributed by atoms with Crippen molar-refractivity contribution >= 4 is 33.5 Å². The second kappa shape index (κ2) is 6.69. The van der Waals surface area contributed by atoms with Gasteiger partial charge >= 0.3 is 0 Å². The Balaban J connectivity index is 1.75. The van der Waals surface area contributed by atoms with Crippen LogP contribution in [0.3, 0.4) is 0 Å². The van der Waals surface area contributed by atoms with E-state index in [9.17, 15) is 9.59 Å². The topological polar surface area (TPSA) is 72.2 Å². The largest absolute Gasteiger partial charge is 0.358 e. The van der Waals surface area contributed by atoms with Crippen molar-refractivity contribution in [2.24, 2.45) is 0 Å². The standard InChI is InChI=1S/C24H22N4O2/c1-4-16-15(3)27(24-26-19-11-7-8-12-20(19)28(24)23(16)30)13-21(29)22-14(2)25-18-10-6-5-9-17(18)22/h5-12,25H,4,13H2,1-3H3. The number of nitrogens with one attached hydrogen (secondary N) is 1. The van der Waals surface area contributed by atoms with Crippen LogP contribution < -0.4 is 5.56 Å². The summed E-state index contributed by atoms with van der Waals surface area (Å²) in [6, 6.07) is 15.4. The van der Waals surface area contributed by atoms with E-state index >= 15 is 0 Å². The molecule has 0 aliphatic rings. The van der Waals surface area contributed by atoms with Crippen molar-refractivity contribution in [3.05, 3.63) is 81.4 Å². The summed E-state index contributed by atoms with van der Waals surface area (Å²) in [6.07, 6.45) is 0.591. The molecule has 6 heteroatoms. The number of rotatable bonds is 4. The second-order valence-electron chi connectivity index (χ2n) is 7.64. The molecular weight excluding hydrogens is 376 g/mol. The lowest BCUT2D eigenvalue weighted by Crippen LogP contribution is -2.27. The molecule has 0 spiro atoms. The molecule has 150 valence electrons. The Kier molecular flexibility index (Phi) is 4.10. The number of H-pyrrole nitrogens is 1. The fourth-order valence-corrected chi connectivity index (χ4v) is 4.45. The molecule has 0 amide bonds. The Hall–Kier alpha value is -3.67. The highest BCUT2D eigenvalue weighted by molar-refractivity contribution is 6.09. The number of aromatic amines is 1. The number of benzene rings is 2. The number of hydrogen-bond acceptors (Lipinski definition) is 3. The number of para-hydroxylation sites is 3. The van der Waals surface area contributed by atoms with Crippen LogP contribution in [0, 0.1) is 13.8 Å². The SMILES string of the molecule is CCc1c(C)n(CC(=O)c2c(C)[nH]c3ccccc23)c2nc3ccccc3n2c1=O. The minimum Gasteiger partial charge on any atom is -0.358 e. The van der Waals surface area contributed by atoms with Gasteiger partial charge in [0.1, 0.15) is 0 Å². The smallest absolute Gasteiger partial charge is 0.262 e. The molecule has 0 aliphatic carbocycles. The first-order valence-electron chi connectivity index (χ1n) is 10.1. The van der Waals surface area contributed by atoms with Gasteiger partial charge in [-0.15, -0.1) is 0 Å². The van der Waals surface area contributed by atoms with Crippen molar-refractivity contribution in [2.45, 2.75) is 33.7 Å². The van der Waals surface area contributed by atoms with E-state index in [4.69, 9.17) is 4.98 Å². The Labute approximate surface area is 172 Å². The number of aryl methyl sites for hydroxylation is 1. The molecule has 2 aromatic carbocycles. The van der Waals surface area contributed by atoms with E-state index in [0.29, 0.717) is 23.3 Å². The number of nitrogens with zero attached hydrogens (tertiary/aromatic N) is 3. The summed E-state index contributed by atoms with van der Waals surface area (Å²) >= 11 is 0. The van der Waals surface area contributed by atoms with Gasteiger partial charge in [-0.05, 0) is 38.5 Å². The summed E-state index contributed by atoms with van der Waals surface area (Å²) in [6.45, 7) is 5.90. The summed E-state index contributed by atoms with van der Waals surface area (Å²) in [7, 11) is 0. The highest BCUT2D eigenvalue weighted by Gasteiger charge is 2.21. The third-order valence-electron chi connectivity index (χ3n) is 5.92. The summed E-state index contributed by atoms with van der Waals surface area (Å²) in [4.78, 5) is 34.6. The Morgan fingerprint density at radius 2 is 1.80 bits per heavy atom. The maximum absolute atomic E-state index is 13.4. The van der Waals surface area contributed by atoms with E-state index < -0.39 is 0 Å². The molecule has 0 saturated heterocycles. The first-order chi connectivity index (χ1) is 14.5. The van der Waals surface area contributed by atoms with Crippen LogP contribution in [0.15, 0.2) is 53.3 Å². The van der Waals surface area contributed by atoms with Gasteiger partial charge in [-0.2, -0.15) is 0 Å². The third-order valence-corrected chi connectivity index (χ3v) is 5.92. The van der Waals surface area contributed by atoms with Crippen molar-refractivity contribution in [1.29, 1.82) is 0 Å². The molecule has 3 heterocycles. The van der Waals surface area contributed by atoms with Crippen LogP contribution in [-0.2, 0) is 13.0 Å². The highest BCUT2D eigenvalue weighted by atomic mass is 16.1. The zero-order valence-electron chi connectivity index (χ0n) is 17.2. The number of fused-ring (bicyclic) bond motifs is 4. The van der Waals surface area contributed by atoms with Crippen LogP contribution in [0.25, 0.3) is 27.7 Å². The molecule has 0 saturated carbocycles. The highest BCUT2D eigenvalue weighted by Crippen LogP contribution is 2.24. The number of Topliss-reactive ketones (excluding diaryl/α,β-unsaturated/α-hetero) is 1. The molecule has 0 unspecified atom stereocenters. The van der Waals surface area contributed by atoms with Gasteiger partial charge in [-0.25, -0.2) is 9.38 Å². The van der Waals surface area contributed by atoms with Crippen LogP contribution in [0.1, 0.15) is 34.2 Å². The van der Waals surface area contributed by atoms with Crippen molar-refractivity contribution in [3.8, 4) is 0 Å². The van der Waals surface area contributed by atoms with Gasteiger partial charge in [0, 0.05) is 33.4 Å². The fraction of sp³-hybridized carbons (Fsp3) is 0.208. The summed E-state index contributed by atoms with van der Waals surface area (Å²) in [5.74, 6) is 0.495. The van der Waals surface area contributed by atoms with Gasteiger partial charge in [0.15, 0.2) is 5.78 Å². The fourth-order valence-electron chi connectivity index (χ4n) is 4.45. The quantitative estimate of drug-likeness (QED) is 0.461. The van der Waals surface area contributed by atoms with Crippen molar-refractivity contribution in [2.75, 3.05) is 0 Å². The van der Waals surface area contributed by atoms with Gasteiger partial charge < -0.3 is 9.55 Å². The molecule has 1 N–H and O–H groups in total. The number of carbonyl (C=O) groups excluding carboxylic acids is 1. The van der Waals surface area contributed by atoms with Gasteiger partial charge in [-0.3, -0.25) is 9.59 Å². The number of ketones is 1. The van der Waals surface area contributed by atoms with Crippen LogP contribution in [-0.4, -0.2) is 24.7 Å². The van der Waals surface area contributed by atoms with E-state index in [0.717, 1.165) is 33.3 Å². The van der Waals surface area contributed by atoms with Crippen LogP contribution in [0.2, 0.25) is 0 Å². The number of imidazole rings is 1. The Bertz CT molecular complexity index is 1520. The predicted octanol–water partition coefficient (Wildman–Crippen LogP) is 4.19. The van der Waals surface area contributed by atoms with E-state index in [-0.39, 0.29) is 17.9 Å².